The molecule has 4 rings (SSSR count). The van der Waals surface area contributed by atoms with Crippen LogP contribution in [0.15, 0.2) is 77.5 Å². The van der Waals surface area contributed by atoms with Gasteiger partial charge in [-0.05, 0) is 61.4 Å². The molecule has 3 aromatic rings. The number of benzene rings is 2. The van der Waals surface area contributed by atoms with Crippen molar-refractivity contribution in [2.75, 3.05) is 0 Å². The molecule has 2 amide bonds. The number of hydrogen-bond donors (Lipinski definition) is 3. The van der Waals surface area contributed by atoms with E-state index in [1.165, 1.54) is 6.07 Å². The van der Waals surface area contributed by atoms with E-state index in [0.717, 1.165) is 17.2 Å². The number of halogens is 3. The van der Waals surface area contributed by atoms with Gasteiger partial charge in [-0.3, -0.25) is 9.59 Å². The molecule has 2 atom stereocenters. The minimum Gasteiger partial charge on any atom is -0.389 e. The highest BCUT2D eigenvalue weighted by Crippen LogP contribution is 2.39. The van der Waals surface area contributed by atoms with Gasteiger partial charge >= 0.3 is 6.18 Å². The van der Waals surface area contributed by atoms with Crippen molar-refractivity contribution < 1.29 is 27.9 Å². The zero-order valence-corrected chi connectivity index (χ0v) is 20.3. The summed E-state index contributed by atoms with van der Waals surface area (Å²) in [6.07, 6.45) is -3.58. The molecule has 6 nitrogen and oxygen atoms in total. The maximum Gasteiger partial charge on any atom is 0.418 e. The maximum atomic E-state index is 14.0. The fourth-order valence-corrected chi connectivity index (χ4v) is 4.50. The second-order valence-electron chi connectivity index (χ2n) is 9.12. The first-order valence-electron chi connectivity index (χ1n) is 11.7. The number of nitrogens with zero attached hydrogens (tertiary/aromatic N) is 1. The molecule has 2 aromatic carbocycles. The third-order valence-electron chi connectivity index (χ3n) is 6.58. The predicted molar refractivity (Wildman–Crippen MR) is 133 cm³/mol. The number of hydrogen-bond acceptors (Lipinski definition) is 4. The lowest BCUT2D eigenvalue weighted by atomic mass is 9.82. The van der Waals surface area contributed by atoms with E-state index >= 15 is 0 Å². The summed E-state index contributed by atoms with van der Waals surface area (Å²) in [7, 11) is 0. The molecule has 37 heavy (non-hydrogen) atoms. The number of amides is 2. The van der Waals surface area contributed by atoms with Crippen molar-refractivity contribution in [3.63, 3.8) is 0 Å². The van der Waals surface area contributed by atoms with Gasteiger partial charge in [-0.25, -0.2) is 4.98 Å². The summed E-state index contributed by atoms with van der Waals surface area (Å²) in [6, 6.07) is 15.0. The van der Waals surface area contributed by atoms with Gasteiger partial charge < -0.3 is 16.2 Å². The number of primary amides is 1. The van der Waals surface area contributed by atoms with E-state index in [0.29, 0.717) is 22.9 Å². The fraction of sp³-hybridized carbons (Fsp3) is 0.250. The molecule has 0 spiro atoms. The van der Waals surface area contributed by atoms with Gasteiger partial charge in [0.25, 0.3) is 11.8 Å². The van der Waals surface area contributed by atoms with Crippen LogP contribution < -0.4 is 11.1 Å². The van der Waals surface area contributed by atoms with Crippen LogP contribution in [0.3, 0.4) is 0 Å². The van der Waals surface area contributed by atoms with E-state index in [-0.39, 0.29) is 29.3 Å². The van der Waals surface area contributed by atoms with Gasteiger partial charge in [-0.2, -0.15) is 13.2 Å². The summed E-state index contributed by atoms with van der Waals surface area (Å²) in [5.74, 6) is -1.94. The number of rotatable bonds is 6. The molecule has 0 bridgehead atoms. The Hall–Kier alpha value is -3.98. The summed E-state index contributed by atoms with van der Waals surface area (Å²) in [5.41, 5.74) is 6.35. The van der Waals surface area contributed by atoms with Gasteiger partial charge in [0.15, 0.2) is 0 Å². The Kier molecular flexibility index (Phi) is 7.18. The Bertz CT molecular complexity index is 1420. The molecule has 1 aliphatic rings. The van der Waals surface area contributed by atoms with Crippen molar-refractivity contribution in [3.05, 3.63) is 99.9 Å². The predicted octanol–water partition coefficient (Wildman–Crippen LogP) is 5.14. The van der Waals surface area contributed by atoms with Crippen LogP contribution in [0.25, 0.3) is 10.9 Å². The van der Waals surface area contributed by atoms with Crippen LogP contribution in [0.1, 0.15) is 58.3 Å². The highest BCUT2D eigenvalue weighted by atomic mass is 19.4. The van der Waals surface area contributed by atoms with Crippen LogP contribution >= 0.6 is 0 Å². The number of aliphatic hydroxyl groups is 1. The Morgan fingerprint density at radius 1 is 1.16 bits per heavy atom. The maximum absolute atomic E-state index is 14.0. The summed E-state index contributed by atoms with van der Waals surface area (Å²) >= 11 is 0. The van der Waals surface area contributed by atoms with E-state index in [1.54, 1.807) is 50.2 Å². The SMILES string of the molecule is CC1=C(NC(=O)c2cc(C(N)=O)nc3ccccc23)C(C(F)(F)F)=CCC1Cc1ccc(C(C)O)cc1. The lowest BCUT2D eigenvalue weighted by Crippen LogP contribution is -2.33. The molecule has 1 aromatic heterocycles. The van der Waals surface area contributed by atoms with Crippen LogP contribution in [0.2, 0.25) is 0 Å². The molecule has 2 unspecified atom stereocenters. The number of nitrogens with two attached hydrogens (primary N) is 1. The Morgan fingerprint density at radius 3 is 2.46 bits per heavy atom. The summed E-state index contributed by atoms with van der Waals surface area (Å²) in [5, 5.41) is 12.6. The largest absolute Gasteiger partial charge is 0.418 e. The van der Waals surface area contributed by atoms with Crippen molar-refractivity contribution in [1.82, 2.24) is 10.3 Å². The monoisotopic (exact) mass is 509 g/mol. The van der Waals surface area contributed by atoms with Crippen molar-refractivity contribution in [2.45, 2.75) is 39.0 Å². The normalized spacial score (nSPS) is 16.9. The molecule has 0 saturated heterocycles. The molecule has 1 aliphatic carbocycles. The lowest BCUT2D eigenvalue weighted by Gasteiger charge is -2.28. The summed E-state index contributed by atoms with van der Waals surface area (Å²) in [6.45, 7) is 3.24. The second-order valence-corrected chi connectivity index (χ2v) is 9.12. The smallest absolute Gasteiger partial charge is 0.389 e. The first-order valence-corrected chi connectivity index (χ1v) is 11.7. The Morgan fingerprint density at radius 2 is 1.84 bits per heavy atom. The quantitative estimate of drug-likeness (QED) is 0.428. The number of carbonyl (C=O) groups is 2. The standard InChI is InChI=1S/C28H26F3N3O3/c1-15-19(13-17-7-9-18(10-8-17)16(2)35)11-12-22(28(29,30)31)25(15)34-27(37)21-14-24(26(32)36)33-23-6-4-3-5-20(21)23/h3-10,12,14,16,19,35H,11,13H2,1-2H3,(H2,32,36)(H,34,37). The van der Waals surface area contributed by atoms with E-state index in [2.05, 4.69) is 10.3 Å². The third kappa shape index (κ3) is 5.56. The van der Waals surface area contributed by atoms with Gasteiger partial charge in [0.2, 0.25) is 0 Å². The highest BCUT2D eigenvalue weighted by Gasteiger charge is 2.40. The molecule has 0 fully saturated rings. The molecule has 0 saturated carbocycles. The number of pyridine rings is 1. The number of para-hydroxylation sites is 1. The highest BCUT2D eigenvalue weighted by molar-refractivity contribution is 6.09. The lowest BCUT2D eigenvalue weighted by molar-refractivity contribution is -0.0904. The van der Waals surface area contributed by atoms with E-state index < -0.39 is 29.7 Å². The van der Waals surface area contributed by atoms with Crippen LogP contribution in [0, 0.1) is 5.92 Å². The zero-order chi connectivity index (χ0) is 26.9. The van der Waals surface area contributed by atoms with E-state index in [1.807, 2.05) is 12.1 Å². The number of nitrogens with one attached hydrogen (secondary N) is 1. The van der Waals surface area contributed by atoms with Crippen molar-refractivity contribution in [3.8, 4) is 0 Å². The molecular formula is C28H26F3N3O3. The summed E-state index contributed by atoms with van der Waals surface area (Å²) in [4.78, 5) is 29.2. The van der Waals surface area contributed by atoms with Crippen molar-refractivity contribution in [2.24, 2.45) is 11.7 Å². The van der Waals surface area contributed by atoms with E-state index in [9.17, 15) is 27.9 Å². The van der Waals surface area contributed by atoms with Gasteiger partial charge in [0.05, 0.1) is 28.5 Å². The molecule has 0 aliphatic heterocycles. The second kappa shape index (κ2) is 10.2. The van der Waals surface area contributed by atoms with Crippen molar-refractivity contribution >= 4 is 22.7 Å². The van der Waals surface area contributed by atoms with Crippen LogP contribution in [-0.2, 0) is 6.42 Å². The van der Waals surface area contributed by atoms with Crippen LogP contribution in [0.5, 0.6) is 0 Å². The number of carbonyl (C=O) groups excluding carboxylic acids is 2. The number of fused-ring (bicyclic) bond motifs is 1. The van der Waals surface area contributed by atoms with Gasteiger partial charge in [0.1, 0.15) is 5.69 Å². The molecular weight excluding hydrogens is 483 g/mol. The number of allylic oxidation sites excluding steroid dienone is 3. The van der Waals surface area contributed by atoms with Gasteiger partial charge in [0, 0.05) is 5.39 Å². The van der Waals surface area contributed by atoms with Gasteiger partial charge in [-0.1, -0.05) is 48.5 Å². The average molecular weight is 510 g/mol. The van der Waals surface area contributed by atoms with Crippen LogP contribution in [0.4, 0.5) is 13.2 Å². The van der Waals surface area contributed by atoms with Gasteiger partial charge in [-0.15, -0.1) is 0 Å². The fourth-order valence-electron chi connectivity index (χ4n) is 4.50. The molecule has 192 valence electrons. The topological polar surface area (TPSA) is 105 Å². The van der Waals surface area contributed by atoms with E-state index in [4.69, 9.17) is 5.73 Å². The third-order valence-corrected chi connectivity index (χ3v) is 6.58. The number of alkyl halides is 3. The molecule has 9 heteroatoms. The number of aliphatic hydroxyl groups excluding tert-OH is 1. The minimum absolute atomic E-state index is 0.00272. The number of aromatic nitrogens is 1. The first-order chi connectivity index (χ1) is 17.5. The molecule has 0 radical (unpaired) electrons. The Labute approximate surface area is 211 Å². The average Bonchev–Trinajstić information content (AvgIpc) is 2.85. The summed E-state index contributed by atoms with van der Waals surface area (Å²) < 4.78 is 41.9. The van der Waals surface area contributed by atoms with Crippen LogP contribution in [-0.4, -0.2) is 28.1 Å². The minimum atomic E-state index is -4.67. The first kappa shape index (κ1) is 26.1. The molecule has 1 heterocycles. The van der Waals surface area contributed by atoms with Crippen molar-refractivity contribution in [1.29, 1.82) is 0 Å². The zero-order valence-electron chi connectivity index (χ0n) is 20.3. The molecule has 4 N–H and O–H groups in total. The Balaban J connectivity index is 1.70.